The zero-order chi connectivity index (χ0) is 24.7. The second-order valence-corrected chi connectivity index (χ2v) is 8.85. The van der Waals surface area contributed by atoms with Gasteiger partial charge in [0.2, 0.25) is 5.91 Å². The van der Waals surface area contributed by atoms with Crippen LogP contribution in [0.5, 0.6) is 5.75 Å². The van der Waals surface area contributed by atoms with Crippen LogP contribution in [0.15, 0.2) is 103 Å². The van der Waals surface area contributed by atoms with Crippen molar-refractivity contribution >= 4 is 16.9 Å². The number of benzene rings is 4. The Morgan fingerprint density at radius 1 is 0.833 bits per heavy atom. The van der Waals surface area contributed by atoms with Crippen LogP contribution < -0.4 is 10.1 Å². The minimum absolute atomic E-state index is 0.0306. The molecule has 1 aromatic heterocycles. The van der Waals surface area contributed by atoms with Gasteiger partial charge < -0.3 is 14.6 Å². The topological polar surface area (TPSA) is 56.1 Å². The van der Waals surface area contributed by atoms with E-state index >= 15 is 0 Å². The molecule has 0 spiro atoms. The molecule has 1 N–H and O–H groups in total. The second kappa shape index (κ2) is 10.9. The van der Waals surface area contributed by atoms with Crippen LogP contribution in [0.1, 0.15) is 17.0 Å². The van der Waals surface area contributed by atoms with Gasteiger partial charge in [-0.15, -0.1) is 0 Å². The van der Waals surface area contributed by atoms with E-state index in [-0.39, 0.29) is 5.91 Å². The lowest BCUT2D eigenvalue weighted by Crippen LogP contribution is -2.26. The predicted octanol–water partition coefficient (Wildman–Crippen LogP) is 5.95. The first-order valence-corrected chi connectivity index (χ1v) is 12.2. The molecule has 0 aliphatic rings. The van der Waals surface area contributed by atoms with Crippen molar-refractivity contribution in [2.24, 2.45) is 0 Å². The van der Waals surface area contributed by atoms with E-state index < -0.39 is 0 Å². The van der Waals surface area contributed by atoms with Gasteiger partial charge >= 0.3 is 0 Å². The highest BCUT2D eigenvalue weighted by molar-refractivity contribution is 5.79. The second-order valence-electron chi connectivity index (χ2n) is 8.85. The molecule has 180 valence electrons. The van der Waals surface area contributed by atoms with Crippen molar-refractivity contribution < 1.29 is 9.53 Å². The number of hydrogen-bond donors (Lipinski definition) is 1. The van der Waals surface area contributed by atoms with E-state index in [9.17, 15) is 4.79 Å². The first kappa shape index (κ1) is 23.4. The lowest BCUT2D eigenvalue weighted by Gasteiger charge is -2.12. The van der Waals surface area contributed by atoms with Gasteiger partial charge in [-0.05, 0) is 47.9 Å². The first-order chi connectivity index (χ1) is 17.7. The van der Waals surface area contributed by atoms with Crippen molar-refractivity contribution in [3.05, 3.63) is 120 Å². The number of aromatic nitrogens is 2. The number of para-hydroxylation sites is 2. The highest BCUT2D eigenvalue weighted by Gasteiger charge is 2.12. The molecule has 36 heavy (non-hydrogen) atoms. The molecule has 0 radical (unpaired) electrons. The zero-order valence-corrected chi connectivity index (χ0v) is 20.4. The smallest absolute Gasteiger partial charge is 0.224 e. The number of amides is 1. The standard InChI is InChI=1S/C31H29N3O2/c1-23-11-17-27(18-12-23)36-20-19-34-29-10-6-5-9-28(29)33-30(34)22-32-31(35)21-24-13-15-26(16-14-24)25-7-3-2-4-8-25/h2-18H,19-22H2,1H3,(H,32,35). The Hall–Kier alpha value is -4.38. The summed E-state index contributed by atoms with van der Waals surface area (Å²) in [5, 5.41) is 3.05. The average Bonchev–Trinajstić information content (AvgIpc) is 3.27. The van der Waals surface area contributed by atoms with Gasteiger partial charge in [0, 0.05) is 0 Å². The maximum Gasteiger partial charge on any atom is 0.224 e. The van der Waals surface area contributed by atoms with Crippen LogP contribution in [-0.2, 0) is 24.3 Å². The normalized spacial score (nSPS) is 10.9. The molecule has 5 rings (SSSR count). The van der Waals surface area contributed by atoms with E-state index in [1.165, 1.54) is 11.1 Å². The highest BCUT2D eigenvalue weighted by atomic mass is 16.5. The van der Waals surface area contributed by atoms with Gasteiger partial charge in [-0.1, -0.05) is 84.4 Å². The summed E-state index contributed by atoms with van der Waals surface area (Å²) >= 11 is 0. The zero-order valence-electron chi connectivity index (χ0n) is 20.4. The van der Waals surface area contributed by atoms with Crippen molar-refractivity contribution in [2.45, 2.75) is 26.4 Å². The fourth-order valence-corrected chi connectivity index (χ4v) is 4.27. The third-order valence-electron chi connectivity index (χ3n) is 6.21. The Morgan fingerprint density at radius 3 is 2.31 bits per heavy atom. The fraction of sp³-hybridized carbons (Fsp3) is 0.161. The number of rotatable bonds is 9. The molecule has 0 saturated heterocycles. The summed E-state index contributed by atoms with van der Waals surface area (Å²) in [5.41, 5.74) is 6.43. The third-order valence-corrected chi connectivity index (χ3v) is 6.21. The monoisotopic (exact) mass is 475 g/mol. The number of aryl methyl sites for hydroxylation is 1. The van der Waals surface area contributed by atoms with Crippen molar-refractivity contribution in [2.75, 3.05) is 6.61 Å². The molecule has 5 nitrogen and oxygen atoms in total. The van der Waals surface area contributed by atoms with Gasteiger partial charge in [0.05, 0.1) is 30.5 Å². The molecule has 0 aliphatic heterocycles. The largest absolute Gasteiger partial charge is 0.492 e. The molecule has 0 unspecified atom stereocenters. The summed E-state index contributed by atoms with van der Waals surface area (Å²) in [5.74, 6) is 1.63. The van der Waals surface area contributed by atoms with Gasteiger partial charge in [0.1, 0.15) is 18.2 Å². The van der Waals surface area contributed by atoms with E-state index in [4.69, 9.17) is 9.72 Å². The number of carbonyl (C=O) groups excluding carboxylic acids is 1. The van der Waals surface area contributed by atoms with Gasteiger partial charge in [-0.25, -0.2) is 4.98 Å². The Labute approximate surface area is 211 Å². The summed E-state index contributed by atoms with van der Waals surface area (Å²) < 4.78 is 8.07. The maximum atomic E-state index is 12.7. The van der Waals surface area contributed by atoms with Gasteiger partial charge in [-0.3, -0.25) is 4.79 Å². The molecule has 0 aliphatic carbocycles. The van der Waals surface area contributed by atoms with Crippen molar-refractivity contribution in [1.82, 2.24) is 14.9 Å². The number of fused-ring (bicyclic) bond motifs is 1. The van der Waals surface area contributed by atoms with Crippen molar-refractivity contribution in [1.29, 1.82) is 0 Å². The van der Waals surface area contributed by atoms with Crippen molar-refractivity contribution in [3.63, 3.8) is 0 Å². The van der Waals surface area contributed by atoms with Crippen LogP contribution in [0.2, 0.25) is 0 Å². The quantitative estimate of drug-likeness (QED) is 0.287. The van der Waals surface area contributed by atoms with Gasteiger partial charge in [-0.2, -0.15) is 0 Å². The van der Waals surface area contributed by atoms with Crippen LogP contribution in [0.3, 0.4) is 0 Å². The highest BCUT2D eigenvalue weighted by Crippen LogP contribution is 2.20. The molecule has 0 bridgehead atoms. The van der Waals surface area contributed by atoms with Gasteiger partial charge in [0.15, 0.2) is 0 Å². The minimum Gasteiger partial charge on any atom is -0.492 e. The van der Waals surface area contributed by atoms with E-state index in [1.54, 1.807) is 0 Å². The van der Waals surface area contributed by atoms with Crippen LogP contribution in [0.25, 0.3) is 22.2 Å². The van der Waals surface area contributed by atoms with Crippen LogP contribution in [0.4, 0.5) is 0 Å². The third kappa shape index (κ3) is 5.63. The number of ether oxygens (including phenoxy) is 1. The maximum absolute atomic E-state index is 12.7. The average molecular weight is 476 g/mol. The number of nitrogens with zero attached hydrogens (tertiary/aromatic N) is 2. The first-order valence-electron chi connectivity index (χ1n) is 12.2. The molecule has 5 aromatic rings. The summed E-state index contributed by atoms with van der Waals surface area (Å²) in [6, 6.07) is 34.4. The van der Waals surface area contributed by atoms with Crippen LogP contribution in [-0.4, -0.2) is 22.1 Å². The lowest BCUT2D eigenvalue weighted by molar-refractivity contribution is -0.120. The Balaban J connectivity index is 1.21. The Kier molecular flexibility index (Phi) is 7.08. The van der Waals surface area contributed by atoms with E-state index in [0.717, 1.165) is 33.7 Å². The number of imidazole rings is 1. The van der Waals surface area contributed by atoms with Crippen LogP contribution in [0, 0.1) is 6.92 Å². The molecule has 0 fully saturated rings. The van der Waals surface area contributed by atoms with E-state index in [0.29, 0.717) is 26.1 Å². The molecular weight excluding hydrogens is 446 g/mol. The van der Waals surface area contributed by atoms with E-state index in [1.807, 2.05) is 78.9 Å². The molecule has 4 aromatic carbocycles. The van der Waals surface area contributed by atoms with Crippen molar-refractivity contribution in [3.8, 4) is 16.9 Å². The number of hydrogen-bond acceptors (Lipinski definition) is 3. The van der Waals surface area contributed by atoms with Gasteiger partial charge in [0.25, 0.3) is 0 Å². The summed E-state index contributed by atoms with van der Waals surface area (Å²) in [7, 11) is 0. The molecule has 1 heterocycles. The lowest BCUT2D eigenvalue weighted by atomic mass is 10.0. The number of nitrogens with one attached hydrogen (secondary N) is 1. The number of carbonyl (C=O) groups is 1. The molecule has 5 heteroatoms. The molecule has 0 saturated carbocycles. The fourth-order valence-electron chi connectivity index (χ4n) is 4.27. The Bertz CT molecular complexity index is 1440. The molecule has 0 atom stereocenters. The summed E-state index contributed by atoms with van der Waals surface area (Å²) in [4.78, 5) is 17.5. The van der Waals surface area contributed by atoms with E-state index in [2.05, 4.69) is 41.1 Å². The predicted molar refractivity (Wildman–Crippen MR) is 144 cm³/mol. The summed E-state index contributed by atoms with van der Waals surface area (Å²) in [6.07, 6.45) is 0.325. The molecule has 1 amide bonds. The SMILES string of the molecule is Cc1ccc(OCCn2c(CNC(=O)Cc3ccc(-c4ccccc4)cc3)nc3ccccc32)cc1. The molecular formula is C31H29N3O2. The van der Waals surface area contributed by atoms with Crippen LogP contribution >= 0.6 is 0 Å². The summed E-state index contributed by atoms with van der Waals surface area (Å²) in [6.45, 7) is 3.57. The Morgan fingerprint density at radius 2 is 1.53 bits per heavy atom. The minimum atomic E-state index is -0.0306.